The molecule has 0 aliphatic heterocycles. The van der Waals surface area contributed by atoms with Crippen LogP contribution in [0.15, 0.2) is 47.4 Å². The number of sulfonamides is 1. The monoisotopic (exact) mass is 390 g/mol. The van der Waals surface area contributed by atoms with E-state index in [1.165, 1.54) is 11.3 Å². The average molecular weight is 391 g/mol. The Labute approximate surface area is 158 Å². The Morgan fingerprint density at radius 3 is 2.54 bits per heavy atom. The first-order valence-corrected chi connectivity index (χ1v) is 10.8. The summed E-state index contributed by atoms with van der Waals surface area (Å²) in [6.07, 6.45) is 0.924. The first-order chi connectivity index (χ1) is 12.4. The largest absolute Gasteiger partial charge is 0.494 e. The Balaban J connectivity index is 1.81. The topological polar surface area (TPSA) is 68.3 Å². The summed E-state index contributed by atoms with van der Waals surface area (Å²) in [6, 6.07) is 12.5. The third-order valence-electron chi connectivity index (χ3n) is 3.77. The van der Waals surface area contributed by atoms with Crippen molar-refractivity contribution in [3.05, 3.63) is 48.0 Å². The van der Waals surface area contributed by atoms with Crippen molar-refractivity contribution in [2.75, 3.05) is 11.3 Å². The second-order valence-electron chi connectivity index (χ2n) is 6.43. The second-order valence-corrected chi connectivity index (χ2v) is 9.14. The fraction of sp³-hybridized carbons (Fsp3) is 0.316. The van der Waals surface area contributed by atoms with Crippen LogP contribution in [0.3, 0.4) is 0 Å². The van der Waals surface area contributed by atoms with Gasteiger partial charge in [0.15, 0.2) is 5.13 Å². The molecular formula is C19H22N2O3S2. The first-order valence-electron chi connectivity index (χ1n) is 8.52. The lowest BCUT2D eigenvalue weighted by atomic mass is 10.0. The highest BCUT2D eigenvalue weighted by Crippen LogP contribution is 2.30. The highest BCUT2D eigenvalue weighted by molar-refractivity contribution is 7.93. The SMILES string of the molecule is CCOc1ccc2nc(NS(=O)(=O)c3ccc(CC(C)C)cc3)sc2c1. The molecule has 0 unspecified atom stereocenters. The molecule has 3 rings (SSSR count). The number of benzene rings is 2. The molecular weight excluding hydrogens is 368 g/mol. The van der Waals surface area contributed by atoms with Gasteiger partial charge in [0, 0.05) is 0 Å². The maximum atomic E-state index is 12.6. The zero-order chi connectivity index (χ0) is 18.7. The zero-order valence-corrected chi connectivity index (χ0v) is 16.7. The quantitative estimate of drug-likeness (QED) is 0.635. The first kappa shape index (κ1) is 18.7. The van der Waals surface area contributed by atoms with E-state index in [4.69, 9.17) is 4.74 Å². The van der Waals surface area contributed by atoms with Gasteiger partial charge in [-0.15, -0.1) is 0 Å². The maximum absolute atomic E-state index is 12.6. The van der Waals surface area contributed by atoms with E-state index in [2.05, 4.69) is 23.6 Å². The average Bonchev–Trinajstić information content (AvgIpc) is 2.95. The Kier molecular flexibility index (Phi) is 5.48. The molecule has 1 N–H and O–H groups in total. The van der Waals surface area contributed by atoms with Crippen LogP contribution in [0.2, 0.25) is 0 Å². The summed E-state index contributed by atoms with van der Waals surface area (Å²) in [7, 11) is -3.66. The standard InChI is InChI=1S/C19H22N2O3S2/c1-4-24-15-7-10-17-18(12-15)25-19(20-17)21-26(22,23)16-8-5-14(6-9-16)11-13(2)3/h5-10,12-13H,4,11H2,1-3H3,(H,20,21). The normalized spacial score (nSPS) is 11.8. The number of fused-ring (bicyclic) bond motifs is 1. The molecule has 0 radical (unpaired) electrons. The molecule has 0 atom stereocenters. The summed E-state index contributed by atoms with van der Waals surface area (Å²) in [5.41, 5.74) is 1.87. The smallest absolute Gasteiger partial charge is 0.263 e. The number of ether oxygens (including phenoxy) is 1. The van der Waals surface area contributed by atoms with E-state index in [-0.39, 0.29) is 4.90 Å². The lowest BCUT2D eigenvalue weighted by Crippen LogP contribution is -2.12. The molecule has 26 heavy (non-hydrogen) atoms. The van der Waals surface area contributed by atoms with Gasteiger partial charge in [-0.25, -0.2) is 13.4 Å². The molecule has 0 aliphatic carbocycles. The van der Waals surface area contributed by atoms with E-state index in [0.29, 0.717) is 17.7 Å². The van der Waals surface area contributed by atoms with E-state index < -0.39 is 10.0 Å². The molecule has 0 fully saturated rings. The number of aromatic nitrogens is 1. The van der Waals surface area contributed by atoms with E-state index in [1.807, 2.05) is 37.3 Å². The van der Waals surface area contributed by atoms with Crippen molar-refractivity contribution in [2.45, 2.75) is 32.1 Å². The summed E-state index contributed by atoms with van der Waals surface area (Å²) in [5.74, 6) is 1.28. The van der Waals surface area contributed by atoms with Gasteiger partial charge in [-0.2, -0.15) is 0 Å². The predicted octanol–water partition coefficient (Wildman–Crippen LogP) is 4.69. The van der Waals surface area contributed by atoms with Crippen molar-refractivity contribution in [3.8, 4) is 5.75 Å². The number of nitrogens with one attached hydrogen (secondary N) is 1. The molecule has 0 spiro atoms. The van der Waals surface area contributed by atoms with Crippen LogP contribution in [0.1, 0.15) is 26.3 Å². The molecule has 7 heteroatoms. The minimum absolute atomic E-state index is 0.235. The molecule has 0 saturated heterocycles. The van der Waals surface area contributed by atoms with Gasteiger partial charge >= 0.3 is 0 Å². The van der Waals surface area contributed by atoms with Crippen molar-refractivity contribution >= 4 is 36.7 Å². The van der Waals surface area contributed by atoms with Crippen LogP contribution >= 0.6 is 11.3 Å². The van der Waals surface area contributed by atoms with Gasteiger partial charge in [0.25, 0.3) is 10.0 Å². The van der Waals surface area contributed by atoms with Gasteiger partial charge in [-0.3, -0.25) is 4.72 Å². The minimum Gasteiger partial charge on any atom is -0.494 e. The molecule has 2 aromatic carbocycles. The number of hydrogen-bond donors (Lipinski definition) is 1. The predicted molar refractivity (Wildman–Crippen MR) is 107 cm³/mol. The van der Waals surface area contributed by atoms with Crippen molar-refractivity contribution < 1.29 is 13.2 Å². The Hall–Kier alpha value is -2.12. The molecule has 1 heterocycles. The van der Waals surface area contributed by atoms with Crippen LogP contribution in [0.4, 0.5) is 5.13 Å². The fourth-order valence-electron chi connectivity index (χ4n) is 2.66. The van der Waals surface area contributed by atoms with Crippen LogP contribution < -0.4 is 9.46 Å². The van der Waals surface area contributed by atoms with Crippen LogP contribution in [0, 0.1) is 5.92 Å². The second kappa shape index (κ2) is 7.63. The molecule has 3 aromatic rings. The minimum atomic E-state index is -3.66. The highest BCUT2D eigenvalue weighted by Gasteiger charge is 2.17. The molecule has 0 saturated carbocycles. The molecule has 0 aliphatic rings. The number of anilines is 1. The van der Waals surface area contributed by atoms with Crippen molar-refractivity contribution in [1.82, 2.24) is 4.98 Å². The number of hydrogen-bond acceptors (Lipinski definition) is 5. The van der Waals surface area contributed by atoms with E-state index >= 15 is 0 Å². The number of nitrogens with zero attached hydrogens (tertiary/aromatic N) is 1. The molecule has 138 valence electrons. The Bertz CT molecular complexity index is 993. The molecule has 0 bridgehead atoms. The summed E-state index contributed by atoms with van der Waals surface area (Å²) in [5, 5.41) is 0.347. The van der Waals surface area contributed by atoms with Crippen LogP contribution in [0.5, 0.6) is 5.75 Å². The maximum Gasteiger partial charge on any atom is 0.263 e. The summed E-state index contributed by atoms with van der Waals surface area (Å²) in [4.78, 5) is 4.59. The Morgan fingerprint density at radius 2 is 1.88 bits per heavy atom. The molecule has 1 aromatic heterocycles. The lowest BCUT2D eigenvalue weighted by Gasteiger charge is -2.08. The summed E-state index contributed by atoms with van der Waals surface area (Å²) >= 11 is 1.29. The van der Waals surface area contributed by atoms with Gasteiger partial charge in [-0.1, -0.05) is 37.3 Å². The van der Waals surface area contributed by atoms with Crippen LogP contribution in [0.25, 0.3) is 10.2 Å². The van der Waals surface area contributed by atoms with E-state index in [0.717, 1.165) is 28.0 Å². The number of rotatable bonds is 7. The van der Waals surface area contributed by atoms with Crippen LogP contribution in [-0.4, -0.2) is 20.0 Å². The lowest BCUT2D eigenvalue weighted by molar-refractivity contribution is 0.341. The van der Waals surface area contributed by atoms with Gasteiger partial charge in [0.05, 0.1) is 21.7 Å². The van der Waals surface area contributed by atoms with E-state index in [9.17, 15) is 8.42 Å². The Morgan fingerprint density at radius 1 is 1.15 bits per heavy atom. The molecule has 5 nitrogen and oxygen atoms in total. The van der Waals surface area contributed by atoms with Crippen molar-refractivity contribution in [2.24, 2.45) is 5.92 Å². The van der Waals surface area contributed by atoms with Crippen LogP contribution in [-0.2, 0) is 16.4 Å². The van der Waals surface area contributed by atoms with Crippen molar-refractivity contribution in [1.29, 1.82) is 0 Å². The van der Waals surface area contributed by atoms with Crippen molar-refractivity contribution in [3.63, 3.8) is 0 Å². The van der Waals surface area contributed by atoms with Gasteiger partial charge in [0.2, 0.25) is 0 Å². The van der Waals surface area contributed by atoms with Gasteiger partial charge in [0.1, 0.15) is 5.75 Å². The van der Waals surface area contributed by atoms with E-state index in [1.54, 1.807) is 12.1 Å². The third kappa shape index (κ3) is 4.34. The fourth-order valence-corrected chi connectivity index (χ4v) is 4.78. The van der Waals surface area contributed by atoms with Gasteiger partial charge < -0.3 is 4.74 Å². The summed E-state index contributed by atoms with van der Waals surface area (Å²) in [6.45, 7) is 6.77. The third-order valence-corrected chi connectivity index (χ3v) is 6.19. The number of thiazole rings is 1. The highest BCUT2D eigenvalue weighted by atomic mass is 32.2. The van der Waals surface area contributed by atoms with Gasteiger partial charge in [-0.05, 0) is 55.2 Å². The zero-order valence-electron chi connectivity index (χ0n) is 15.0. The molecule has 0 amide bonds. The summed E-state index contributed by atoms with van der Waals surface area (Å²) < 4.78 is 34.1.